The van der Waals surface area contributed by atoms with Gasteiger partial charge in [0.05, 0.1) is 50.6 Å². The summed E-state index contributed by atoms with van der Waals surface area (Å²) < 4.78 is 50.5. The zero-order chi connectivity index (χ0) is 56.4. The molecule has 2 heterocycles. The highest BCUT2D eigenvalue weighted by molar-refractivity contribution is 6.14. The summed E-state index contributed by atoms with van der Waals surface area (Å²) >= 11 is 0. The molecule has 10 aromatic carbocycles. The van der Waals surface area contributed by atoms with Crippen LogP contribution in [0.2, 0.25) is 0 Å². The fraction of sp³-hybridized carbons (Fsp3) is 0.176. The molecule has 0 N–H and O–H groups in total. The molecule has 0 aliphatic heterocycles. The third-order valence-corrected chi connectivity index (χ3v) is 16.6. The predicted octanol–water partition coefficient (Wildman–Crippen LogP) is 20.8. The van der Waals surface area contributed by atoms with Crippen LogP contribution in [0.15, 0.2) is 158 Å². The molecule has 80 heavy (non-hydrogen) atoms. The molecular weight excluding hydrogens is 988 g/mol. The van der Waals surface area contributed by atoms with Crippen molar-refractivity contribution >= 4 is 43.6 Å². The van der Waals surface area contributed by atoms with E-state index in [4.69, 9.17) is 0 Å². The van der Waals surface area contributed by atoms with E-state index < -0.39 is 11.7 Å². The first-order valence-corrected chi connectivity index (χ1v) is 27.4. The van der Waals surface area contributed by atoms with Crippen molar-refractivity contribution < 1.29 is 13.2 Å². The highest BCUT2D eigenvalue weighted by atomic mass is 19.4. The van der Waals surface area contributed by atoms with E-state index in [1.807, 2.05) is 16.7 Å². The van der Waals surface area contributed by atoms with Crippen LogP contribution in [-0.4, -0.2) is 9.13 Å². The molecule has 0 unspecified atom stereocenters. The van der Waals surface area contributed by atoms with Gasteiger partial charge >= 0.3 is 6.18 Å². The fourth-order valence-corrected chi connectivity index (χ4v) is 13.9. The Morgan fingerprint density at radius 2 is 0.600 bits per heavy atom. The molecule has 0 spiro atoms. The second kappa shape index (κ2) is 19.2. The third-order valence-electron chi connectivity index (χ3n) is 16.6. The molecule has 3 nitrogen and oxygen atoms in total. The quantitative estimate of drug-likeness (QED) is 0.157. The van der Waals surface area contributed by atoms with E-state index in [0.717, 1.165) is 99.2 Å². The molecule has 12 aromatic rings. The van der Waals surface area contributed by atoms with Gasteiger partial charge in [0, 0.05) is 32.7 Å². The van der Waals surface area contributed by atoms with Crippen LogP contribution < -0.4 is 0 Å². The lowest BCUT2D eigenvalue weighted by atomic mass is 9.91. The van der Waals surface area contributed by atoms with Crippen LogP contribution >= 0.6 is 0 Å². The highest BCUT2D eigenvalue weighted by Crippen LogP contribution is 2.47. The van der Waals surface area contributed by atoms with Crippen molar-refractivity contribution in [1.82, 2.24) is 9.13 Å². The van der Waals surface area contributed by atoms with Gasteiger partial charge in [-0.1, -0.05) is 107 Å². The zero-order valence-electron chi connectivity index (χ0n) is 47.5. The van der Waals surface area contributed by atoms with E-state index in [-0.39, 0.29) is 0 Å². The zero-order valence-corrected chi connectivity index (χ0v) is 47.5. The van der Waals surface area contributed by atoms with Gasteiger partial charge in [0.2, 0.25) is 0 Å². The van der Waals surface area contributed by atoms with E-state index >= 15 is 13.2 Å². The number of nitriles is 1. The lowest BCUT2D eigenvalue weighted by Crippen LogP contribution is -2.08. The van der Waals surface area contributed by atoms with Crippen LogP contribution in [0.4, 0.5) is 13.2 Å². The van der Waals surface area contributed by atoms with Crippen LogP contribution in [0.3, 0.4) is 0 Å². The van der Waals surface area contributed by atoms with E-state index in [1.54, 1.807) is 12.1 Å². The Morgan fingerprint density at radius 1 is 0.325 bits per heavy atom. The van der Waals surface area contributed by atoms with Gasteiger partial charge in [0.15, 0.2) is 0 Å². The first kappa shape index (κ1) is 51.8. The van der Waals surface area contributed by atoms with Crippen LogP contribution in [-0.2, 0) is 6.18 Å². The van der Waals surface area contributed by atoms with Gasteiger partial charge in [0.1, 0.15) is 0 Å². The Bertz CT molecular complexity index is 4340. The molecule has 0 aliphatic rings. The summed E-state index contributed by atoms with van der Waals surface area (Å²) in [5.74, 6) is 0. The maximum Gasteiger partial charge on any atom is 0.416 e. The molecule has 0 saturated carbocycles. The summed E-state index contributed by atoms with van der Waals surface area (Å²) in [6.45, 7) is 25.7. The van der Waals surface area contributed by atoms with Crippen molar-refractivity contribution in [2.45, 2.75) is 89.3 Å². The molecule has 394 valence electrons. The summed E-state index contributed by atoms with van der Waals surface area (Å²) in [7, 11) is 0. The fourth-order valence-electron chi connectivity index (χ4n) is 13.9. The molecule has 0 aliphatic carbocycles. The van der Waals surface area contributed by atoms with Crippen molar-refractivity contribution in [3.05, 3.63) is 236 Å². The maximum atomic E-state index is 15.4. The number of hydrogen-bond acceptors (Lipinski definition) is 1. The van der Waals surface area contributed by atoms with Crippen LogP contribution in [0, 0.1) is 94.4 Å². The molecule has 0 fully saturated rings. The number of aryl methyl sites for hydroxylation is 12. The molecule has 0 atom stereocenters. The number of hydrogen-bond donors (Lipinski definition) is 0. The molecular formula is C74H62F3N3. The molecule has 0 amide bonds. The Labute approximate surface area is 466 Å². The Kier molecular flexibility index (Phi) is 12.4. The summed E-state index contributed by atoms with van der Waals surface area (Å²) in [5.41, 5.74) is 28.4. The minimum absolute atomic E-state index is 0.373. The van der Waals surface area contributed by atoms with Crippen molar-refractivity contribution in [1.29, 1.82) is 5.26 Å². The second-order valence-corrected chi connectivity index (χ2v) is 22.8. The van der Waals surface area contributed by atoms with Gasteiger partial charge in [-0.3, -0.25) is 0 Å². The predicted molar refractivity (Wildman–Crippen MR) is 329 cm³/mol. The molecule has 0 saturated heterocycles. The SMILES string of the molecule is Cc1cc(C)c(-c2ccc3c(c2)c2cc(-c4c(C)cc(C)cc4C)ccc2n3-c2cc(C#N)ccc2-c2ccc(C(F)(F)F)cc2-n2c3ccc(-c4c(C)cc(C)cc4C)cc3c3cc(-c4c(C)cc(C)cc4C)ccc32)c(C)c1. The van der Waals surface area contributed by atoms with E-state index in [9.17, 15) is 5.26 Å². The number of fused-ring (bicyclic) bond motifs is 6. The Morgan fingerprint density at radius 3 is 0.875 bits per heavy atom. The normalized spacial score (nSPS) is 11.9. The number of aromatic nitrogens is 2. The van der Waals surface area contributed by atoms with Crippen molar-refractivity contribution in [2.24, 2.45) is 0 Å². The van der Waals surface area contributed by atoms with Gasteiger partial charge in [-0.15, -0.1) is 0 Å². The minimum Gasteiger partial charge on any atom is -0.309 e. The van der Waals surface area contributed by atoms with E-state index in [1.165, 1.54) is 67.8 Å². The van der Waals surface area contributed by atoms with Crippen molar-refractivity contribution in [2.75, 3.05) is 0 Å². The average molecular weight is 1050 g/mol. The third kappa shape index (κ3) is 8.59. The molecule has 6 heteroatoms. The number of nitrogens with zero attached hydrogens (tertiary/aromatic N) is 3. The molecule has 0 radical (unpaired) electrons. The monoisotopic (exact) mass is 1050 g/mol. The van der Waals surface area contributed by atoms with Gasteiger partial charge in [-0.2, -0.15) is 18.4 Å². The first-order valence-electron chi connectivity index (χ1n) is 27.4. The molecule has 2 aromatic heterocycles. The molecule has 12 rings (SSSR count). The van der Waals surface area contributed by atoms with Crippen LogP contribution in [0.5, 0.6) is 0 Å². The van der Waals surface area contributed by atoms with Gasteiger partial charge in [0.25, 0.3) is 0 Å². The minimum atomic E-state index is -4.65. The largest absolute Gasteiger partial charge is 0.416 e. The van der Waals surface area contributed by atoms with Gasteiger partial charge in [-0.05, 0) is 245 Å². The number of halogens is 3. The van der Waals surface area contributed by atoms with E-state index in [0.29, 0.717) is 28.1 Å². The lowest BCUT2D eigenvalue weighted by molar-refractivity contribution is -0.137. The Balaban J connectivity index is 1.17. The Hall–Kier alpha value is -8.92. The standard InChI is InChI=1S/C74H62F3N3/c1-40-25-44(5)70(45(6)26-40)53-14-21-64-60(34-53)61-35-54(71-46(7)27-41(2)28-47(71)8)15-22-65(61)79(64)68-33-52(39-78)13-19-58(68)59-20-18-57(74(75,76)77)38-69(59)80-66-23-16-55(72-48(9)29-42(3)30-49(72)10)36-62(66)63-37-56(17-24-67(63)80)73-50(11)31-43(4)32-51(73)12/h13-38H,1-12H3. The summed E-state index contributed by atoms with van der Waals surface area (Å²) in [6.07, 6.45) is -4.65. The second-order valence-electron chi connectivity index (χ2n) is 22.8. The van der Waals surface area contributed by atoms with Crippen molar-refractivity contribution in [3.8, 4) is 73.1 Å². The molecule has 0 bridgehead atoms. The van der Waals surface area contributed by atoms with Crippen LogP contribution in [0.1, 0.15) is 77.9 Å². The average Bonchev–Trinajstić information content (AvgIpc) is 3.21. The summed E-state index contributed by atoms with van der Waals surface area (Å²) in [4.78, 5) is 0. The number of alkyl halides is 3. The van der Waals surface area contributed by atoms with Gasteiger partial charge < -0.3 is 9.13 Å². The summed E-state index contributed by atoms with van der Waals surface area (Å²) in [5, 5.41) is 14.6. The van der Waals surface area contributed by atoms with Crippen LogP contribution in [0.25, 0.3) is 111 Å². The van der Waals surface area contributed by atoms with E-state index in [2.05, 4.69) is 215 Å². The number of rotatable bonds is 7. The number of benzene rings is 10. The lowest BCUT2D eigenvalue weighted by Gasteiger charge is -2.21. The summed E-state index contributed by atoms with van der Waals surface area (Å²) in [6, 6.07) is 55.9. The van der Waals surface area contributed by atoms with Crippen molar-refractivity contribution in [3.63, 3.8) is 0 Å². The first-order chi connectivity index (χ1) is 38.2. The smallest absolute Gasteiger partial charge is 0.309 e. The van der Waals surface area contributed by atoms with Gasteiger partial charge in [-0.25, -0.2) is 0 Å². The highest BCUT2D eigenvalue weighted by Gasteiger charge is 2.33. The maximum absolute atomic E-state index is 15.4. The topological polar surface area (TPSA) is 33.6 Å².